The predicted octanol–water partition coefficient (Wildman–Crippen LogP) is 2.92. The average molecular weight is 228 g/mol. The molecule has 0 spiro atoms. The highest BCUT2D eigenvalue weighted by Gasteiger charge is 2.39. The Morgan fingerprint density at radius 3 is 2.44 bits per heavy atom. The van der Waals surface area contributed by atoms with E-state index in [2.05, 4.69) is 0 Å². The van der Waals surface area contributed by atoms with Gasteiger partial charge in [0.15, 0.2) is 0 Å². The summed E-state index contributed by atoms with van der Waals surface area (Å²) < 4.78 is 11.2. The van der Waals surface area contributed by atoms with Gasteiger partial charge in [-0.15, -0.1) is 0 Å². The Morgan fingerprint density at radius 2 is 2.00 bits per heavy atom. The van der Waals surface area contributed by atoms with Crippen molar-refractivity contribution in [2.75, 3.05) is 6.61 Å². The average Bonchev–Trinajstić information content (AvgIpc) is 2.70. The van der Waals surface area contributed by atoms with E-state index < -0.39 is 11.0 Å². The number of hydrogen-bond donors (Lipinski definition) is 0. The van der Waals surface area contributed by atoms with E-state index in [1.54, 1.807) is 0 Å². The molecule has 1 saturated heterocycles. The van der Waals surface area contributed by atoms with Crippen molar-refractivity contribution >= 4 is 5.97 Å². The number of carbonyl (C=O) groups is 1. The molecule has 1 unspecified atom stereocenters. The molecule has 0 amide bonds. The molecule has 0 aliphatic carbocycles. The van der Waals surface area contributed by atoms with Gasteiger partial charge in [-0.1, -0.05) is 6.92 Å². The number of carbonyl (C=O) groups excluding carboxylic acids is 1. The molecular weight excluding hydrogens is 204 g/mol. The van der Waals surface area contributed by atoms with Gasteiger partial charge in [0.05, 0.1) is 11.5 Å². The first-order chi connectivity index (χ1) is 7.29. The summed E-state index contributed by atoms with van der Waals surface area (Å²) in [7, 11) is 0. The Morgan fingerprint density at radius 1 is 1.38 bits per heavy atom. The summed E-state index contributed by atoms with van der Waals surface area (Å²) in [5.74, 6) is -0.129. The highest BCUT2D eigenvalue weighted by molar-refractivity contribution is 5.76. The second-order valence-electron chi connectivity index (χ2n) is 5.73. The van der Waals surface area contributed by atoms with Crippen molar-refractivity contribution in [3.8, 4) is 0 Å². The smallest absolute Gasteiger partial charge is 0.312 e. The Bertz CT molecular complexity index is 250. The molecule has 0 aromatic carbocycles. The van der Waals surface area contributed by atoms with E-state index in [1.807, 2.05) is 34.6 Å². The largest absolute Gasteiger partial charge is 0.456 e. The Kier molecular flexibility index (Phi) is 4.00. The van der Waals surface area contributed by atoms with Gasteiger partial charge in [0.1, 0.15) is 5.60 Å². The van der Waals surface area contributed by atoms with Gasteiger partial charge in [0.25, 0.3) is 0 Å². The molecule has 0 N–H and O–H groups in total. The monoisotopic (exact) mass is 228 g/mol. The van der Waals surface area contributed by atoms with E-state index in [4.69, 9.17) is 9.47 Å². The Hall–Kier alpha value is -0.570. The van der Waals surface area contributed by atoms with Gasteiger partial charge in [-0.05, 0) is 47.0 Å². The van der Waals surface area contributed by atoms with Crippen molar-refractivity contribution in [3.05, 3.63) is 0 Å². The van der Waals surface area contributed by atoms with Crippen LogP contribution in [0.4, 0.5) is 0 Å². The van der Waals surface area contributed by atoms with Gasteiger partial charge in [0.2, 0.25) is 0 Å². The number of hydrogen-bond acceptors (Lipinski definition) is 3. The lowest BCUT2D eigenvalue weighted by molar-refractivity contribution is -0.179. The van der Waals surface area contributed by atoms with Crippen LogP contribution in [0.15, 0.2) is 0 Å². The van der Waals surface area contributed by atoms with Crippen molar-refractivity contribution in [3.63, 3.8) is 0 Å². The van der Waals surface area contributed by atoms with Crippen LogP contribution in [-0.4, -0.2) is 24.3 Å². The first kappa shape index (κ1) is 13.5. The molecule has 3 heteroatoms. The molecule has 1 fully saturated rings. The molecule has 1 aliphatic heterocycles. The summed E-state index contributed by atoms with van der Waals surface area (Å²) >= 11 is 0. The van der Waals surface area contributed by atoms with Gasteiger partial charge in [0, 0.05) is 6.61 Å². The lowest BCUT2D eigenvalue weighted by Crippen LogP contribution is -2.43. The quantitative estimate of drug-likeness (QED) is 0.694. The molecule has 3 nitrogen and oxygen atoms in total. The van der Waals surface area contributed by atoms with Gasteiger partial charge >= 0.3 is 5.97 Å². The molecule has 94 valence electrons. The van der Waals surface area contributed by atoms with Gasteiger partial charge in [-0.25, -0.2) is 0 Å². The third kappa shape index (κ3) is 2.97. The maximum Gasteiger partial charge on any atom is 0.312 e. The zero-order valence-electron chi connectivity index (χ0n) is 11.1. The molecular formula is C13H24O3. The third-order valence-corrected chi connectivity index (χ3v) is 3.50. The summed E-state index contributed by atoms with van der Waals surface area (Å²) in [6.45, 7) is 10.5. The molecule has 0 aromatic rings. The topological polar surface area (TPSA) is 35.5 Å². The SMILES string of the molecule is CCC(C)(C)C(=O)OC(C)(C)C1CCCO1. The second kappa shape index (κ2) is 4.74. The van der Waals surface area contributed by atoms with Crippen molar-refractivity contribution in [1.29, 1.82) is 0 Å². The molecule has 1 heterocycles. The highest BCUT2D eigenvalue weighted by atomic mass is 16.6. The van der Waals surface area contributed by atoms with Crippen LogP contribution >= 0.6 is 0 Å². The van der Waals surface area contributed by atoms with Crippen LogP contribution < -0.4 is 0 Å². The molecule has 1 atom stereocenters. The van der Waals surface area contributed by atoms with E-state index in [0.29, 0.717) is 0 Å². The summed E-state index contributed by atoms with van der Waals surface area (Å²) in [5.41, 5.74) is -0.921. The summed E-state index contributed by atoms with van der Waals surface area (Å²) in [5, 5.41) is 0. The molecule has 0 aromatic heterocycles. The molecule has 0 radical (unpaired) electrons. The predicted molar refractivity (Wildman–Crippen MR) is 63.2 cm³/mol. The fourth-order valence-electron chi connectivity index (χ4n) is 1.71. The van der Waals surface area contributed by atoms with Gasteiger partial charge < -0.3 is 9.47 Å². The first-order valence-electron chi connectivity index (χ1n) is 6.14. The van der Waals surface area contributed by atoms with Crippen LogP contribution in [0, 0.1) is 5.41 Å². The first-order valence-corrected chi connectivity index (χ1v) is 6.14. The normalized spacial score (nSPS) is 22.2. The van der Waals surface area contributed by atoms with Crippen molar-refractivity contribution in [1.82, 2.24) is 0 Å². The minimum Gasteiger partial charge on any atom is -0.456 e. The maximum absolute atomic E-state index is 12.0. The highest BCUT2D eigenvalue weighted by Crippen LogP contribution is 2.30. The van der Waals surface area contributed by atoms with Crippen molar-refractivity contribution in [2.24, 2.45) is 5.41 Å². The zero-order chi connectivity index (χ0) is 12.4. The fraction of sp³-hybridized carbons (Fsp3) is 0.923. The van der Waals surface area contributed by atoms with Crippen LogP contribution in [0.5, 0.6) is 0 Å². The summed E-state index contributed by atoms with van der Waals surface area (Å²) in [6.07, 6.45) is 2.87. The summed E-state index contributed by atoms with van der Waals surface area (Å²) in [6, 6.07) is 0. The molecule has 0 saturated carbocycles. The fourth-order valence-corrected chi connectivity index (χ4v) is 1.71. The number of ether oxygens (including phenoxy) is 2. The zero-order valence-corrected chi connectivity index (χ0v) is 11.1. The van der Waals surface area contributed by atoms with E-state index in [1.165, 1.54) is 0 Å². The number of esters is 1. The van der Waals surface area contributed by atoms with Crippen molar-refractivity contribution in [2.45, 2.75) is 65.6 Å². The Balaban J connectivity index is 2.61. The second-order valence-corrected chi connectivity index (χ2v) is 5.73. The van der Waals surface area contributed by atoms with E-state index in [9.17, 15) is 4.79 Å². The van der Waals surface area contributed by atoms with E-state index >= 15 is 0 Å². The van der Waals surface area contributed by atoms with Crippen LogP contribution in [0.3, 0.4) is 0 Å². The minimum absolute atomic E-state index is 0.0455. The van der Waals surface area contributed by atoms with Gasteiger partial charge in [-0.3, -0.25) is 4.79 Å². The van der Waals surface area contributed by atoms with Crippen LogP contribution in [0.2, 0.25) is 0 Å². The van der Waals surface area contributed by atoms with E-state index in [-0.39, 0.29) is 12.1 Å². The summed E-state index contributed by atoms with van der Waals surface area (Å²) in [4.78, 5) is 12.0. The molecule has 1 aliphatic rings. The minimum atomic E-state index is -0.514. The maximum atomic E-state index is 12.0. The lowest BCUT2D eigenvalue weighted by Gasteiger charge is -2.34. The Labute approximate surface area is 98.5 Å². The van der Waals surface area contributed by atoms with Crippen molar-refractivity contribution < 1.29 is 14.3 Å². The number of rotatable bonds is 4. The third-order valence-electron chi connectivity index (χ3n) is 3.50. The molecule has 1 rings (SSSR count). The van der Waals surface area contributed by atoms with Crippen LogP contribution in [0.25, 0.3) is 0 Å². The van der Waals surface area contributed by atoms with Gasteiger partial charge in [-0.2, -0.15) is 0 Å². The van der Waals surface area contributed by atoms with Crippen LogP contribution in [-0.2, 0) is 14.3 Å². The lowest BCUT2D eigenvalue weighted by atomic mass is 9.89. The van der Waals surface area contributed by atoms with Crippen LogP contribution in [0.1, 0.15) is 53.9 Å². The van der Waals surface area contributed by atoms with E-state index in [0.717, 1.165) is 25.9 Å². The standard InChI is InChI=1S/C13H24O3/c1-6-12(2,3)11(14)16-13(4,5)10-8-7-9-15-10/h10H,6-9H2,1-5H3. The molecule has 16 heavy (non-hydrogen) atoms. The molecule has 0 bridgehead atoms.